The Hall–Kier alpha value is -1.86. The molecule has 0 saturated heterocycles. The SMILES string of the molecule is CC1=C(C(=O)NC[C@H](C)O)CC(C(=O)NC[C@@H](C)O)=C(C)N1. The van der Waals surface area contributed by atoms with Crippen LogP contribution in [0.5, 0.6) is 0 Å². The molecule has 0 aromatic heterocycles. The van der Waals surface area contributed by atoms with Crippen molar-refractivity contribution in [2.24, 2.45) is 0 Å². The maximum absolute atomic E-state index is 12.1. The monoisotopic (exact) mass is 311 g/mol. The fourth-order valence-electron chi connectivity index (χ4n) is 2.07. The van der Waals surface area contributed by atoms with Crippen molar-refractivity contribution in [1.82, 2.24) is 16.0 Å². The second-order valence-corrected chi connectivity index (χ2v) is 5.63. The zero-order valence-corrected chi connectivity index (χ0v) is 13.5. The topological polar surface area (TPSA) is 111 Å². The molecule has 2 atom stereocenters. The Morgan fingerprint density at radius 2 is 1.36 bits per heavy atom. The van der Waals surface area contributed by atoms with Gasteiger partial charge in [-0.15, -0.1) is 0 Å². The van der Waals surface area contributed by atoms with Crippen LogP contribution in [0, 0.1) is 0 Å². The van der Waals surface area contributed by atoms with E-state index in [1.165, 1.54) is 0 Å². The molecule has 7 heteroatoms. The Morgan fingerprint density at radius 1 is 1.00 bits per heavy atom. The zero-order valence-electron chi connectivity index (χ0n) is 13.5. The lowest BCUT2D eigenvalue weighted by Crippen LogP contribution is -2.38. The Bertz CT molecular complexity index is 463. The van der Waals surface area contributed by atoms with Crippen molar-refractivity contribution in [3.8, 4) is 0 Å². The van der Waals surface area contributed by atoms with Crippen LogP contribution in [-0.2, 0) is 9.59 Å². The van der Waals surface area contributed by atoms with Crippen molar-refractivity contribution in [3.05, 3.63) is 22.5 Å². The van der Waals surface area contributed by atoms with Crippen LogP contribution in [0.15, 0.2) is 22.5 Å². The molecule has 22 heavy (non-hydrogen) atoms. The minimum Gasteiger partial charge on any atom is -0.392 e. The van der Waals surface area contributed by atoms with Crippen LogP contribution in [0.1, 0.15) is 34.1 Å². The summed E-state index contributed by atoms with van der Waals surface area (Å²) in [4.78, 5) is 24.3. The highest BCUT2D eigenvalue weighted by molar-refractivity contribution is 6.00. The van der Waals surface area contributed by atoms with Gasteiger partial charge in [-0.1, -0.05) is 0 Å². The minimum absolute atomic E-state index is 0.155. The van der Waals surface area contributed by atoms with Crippen molar-refractivity contribution in [3.63, 3.8) is 0 Å². The van der Waals surface area contributed by atoms with E-state index < -0.39 is 12.2 Å². The Morgan fingerprint density at radius 3 is 1.68 bits per heavy atom. The van der Waals surface area contributed by atoms with Crippen LogP contribution in [0.25, 0.3) is 0 Å². The molecule has 0 radical (unpaired) electrons. The molecule has 1 aliphatic rings. The van der Waals surface area contributed by atoms with Gasteiger partial charge in [-0.3, -0.25) is 9.59 Å². The number of aliphatic hydroxyl groups is 2. The van der Waals surface area contributed by atoms with E-state index in [1.807, 2.05) is 0 Å². The third-order valence-electron chi connectivity index (χ3n) is 3.30. The summed E-state index contributed by atoms with van der Waals surface area (Å²) in [6.45, 7) is 7.01. The molecule has 0 aromatic carbocycles. The van der Waals surface area contributed by atoms with Crippen LogP contribution in [0.2, 0.25) is 0 Å². The second kappa shape index (κ2) is 7.95. The summed E-state index contributed by atoms with van der Waals surface area (Å²) in [5, 5.41) is 26.7. The van der Waals surface area contributed by atoms with E-state index in [-0.39, 0.29) is 31.3 Å². The molecule has 0 spiro atoms. The number of dihydropyridines is 1. The summed E-state index contributed by atoms with van der Waals surface area (Å²) < 4.78 is 0. The molecule has 1 heterocycles. The highest BCUT2D eigenvalue weighted by Crippen LogP contribution is 2.23. The summed E-state index contributed by atoms with van der Waals surface area (Å²) in [6, 6.07) is 0. The number of amides is 2. The minimum atomic E-state index is -0.632. The lowest BCUT2D eigenvalue weighted by Gasteiger charge is -2.23. The molecule has 0 bridgehead atoms. The number of carbonyl (C=O) groups is 2. The van der Waals surface area contributed by atoms with Gasteiger partial charge in [0.15, 0.2) is 0 Å². The van der Waals surface area contributed by atoms with Crippen molar-refractivity contribution >= 4 is 11.8 Å². The first-order chi connectivity index (χ1) is 10.2. The van der Waals surface area contributed by atoms with E-state index in [2.05, 4.69) is 16.0 Å². The molecule has 1 aliphatic heterocycles. The van der Waals surface area contributed by atoms with Crippen molar-refractivity contribution in [2.75, 3.05) is 13.1 Å². The number of aliphatic hydroxyl groups excluding tert-OH is 2. The standard InChI is InChI=1S/C15H25N3O4/c1-8(19)6-16-14(21)12-5-13(11(4)18-10(12)3)15(22)17-7-9(2)20/h8-9,18-20H,5-7H2,1-4H3,(H,16,21)(H,17,22)/t8-,9+. The van der Waals surface area contributed by atoms with E-state index in [1.54, 1.807) is 27.7 Å². The van der Waals surface area contributed by atoms with Gasteiger partial charge in [0, 0.05) is 42.1 Å². The summed E-state index contributed by atoms with van der Waals surface area (Å²) in [6.07, 6.45) is -1.05. The molecular formula is C15H25N3O4. The van der Waals surface area contributed by atoms with Gasteiger partial charge in [0.1, 0.15) is 0 Å². The van der Waals surface area contributed by atoms with Crippen LogP contribution in [0.4, 0.5) is 0 Å². The van der Waals surface area contributed by atoms with E-state index >= 15 is 0 Å². The Balaban J connectivity index is 2.77. The number of hydrogen-bond acceptors (Lipinski definition) is 5. The maximum atomic E-state index is 12.1. The van der Waals surface area contributed by atoms with Crippen LogP contribution >= 0.6 is 0 Å². The van der Waals surface area contributed by atoms with Gasteiger partial charge < -0.3 is 26.2 Å². The molecule has 1 rings (SSSR count). The van der Waals surface area contributed by atoms with Gasteiger partial charge in [-0.2, -0.15) is 0 Å². The normalized spacial score (nSPS) is 17.7. The molecule has 0 saturated carbocycles. The third-order valence-corrected chi connectivity index (χ3v) is 3.30. The fourth-order valence-corrected chi connectivity index (χ4v) is 2.07. The van der Waals surface area contributed by atoms with Crippen molar-refractivity contribution in [2.45, 2.75) is 46.3 Å². The third kappa shape index (κ3) is 5.16. The van der Waals surface area contributed by atoms with Gasteiger partial charge in [-0.05, 0) is 27.7 Å². The fraction of sp³-hybridized carbons (Fsp3) is 0.600. The van der Waals surface area contributed by atoms with E-state index in [0.29, 0.717) is 22.5 Å². The first-order valence-corrected chi connectivity index (χ1v) is 7.31. The lowest BCUT2D eigenvalue weighted by atomic mass is 9.96. The summed E-state index contributed by atoms with van der Waals surface area (Å²) >= 11 is 0. The highest BCUT2D eigenvalue weighted by atomic mass is 16.3. The molecule has 2 amide bonds. The highest BCUT2D eigenvalue weighted by Gasteiger charge is 2.25. The molecule has 0 fully saturated rings. The first kappa shape index (κ1) is 18.2. The van der Waals surface area contributed by atoms with Gasteiger partial charge in [-0.25, -0.2) is 0 Å². The molecule has 124 valence electrons. The van der Waals surface area contributed by atoms with Crippen molar-refractivity contribution in [1.29, 1.82) is 0 Å². The summed E-state index contributed by atoms with van der Waals surface area (Å²) in [5.74, 6) is -0.613. The van der Waals surface area contributed by atoms with Crippen molar-refractivity contribution < 1.29 is 19.8 Å². The smallest absolute Gasteiger partial charge is 0.249 e. The summed E-state index contributed by atoms with van der Waals surface area (Å²) in [5.41, 5.74) is 2.31. The molecule has 5 N–H and O–H groups in total. The van der Waals surface area contributed by atoms with E-state index in [9.17, 15) is 19.8 Å². The first-order valence-electron chi connectivity index (χ1n) is 7.31. The van der Waals surface area contributed by atoms with Gasteiger partial charge in [0.2, 0.25) is 11.8 Å². The Kier molecular flexibility index (Phi) is 6.58. The van der Waals surface area contributed by atoms with E-state index in [4.69, 9.17) is 0 Å². The molecule has 0 aromatic rings. The number of hydrogen-bond donors (Lipinski definition) is 5. The van der Waals surface area contributed by atoms with Gasteiger partial charge in [0.05, 0.1) is 12.2 Å². The number of rotatable bonds is 6. The predicted octanol–water partition coefficient (Wildman–Crippen LogP) is -0.478. The maximum Gasteiger partial charge on any atom is 0.249 e. The van der Waals surface area contributed by atoms with Gasteiger partial charge in [0.25, 0.3) is 0 Å². The quantitative estimate of drug-likeness (QED) is 0.455. The molecule has 0 unspecified atom stereocenters. The Labute approximate surface area is 130 Å². The number of carbonyl (C=O) groups excluding carboxylic acids is 2. The summed E-state index contributed by atoms with van der Waals surface area (Å²) in [7, 11) is 0. The average molecular weight is 311 g/mol. The molecule has 7 nitrogen and oxygen atoms in total. The van der Waals surface area contributed by atoms with Crippen LogP contribution < -0.4 is 16.0 Å². The van der Waals surface area contributed by atoms with Gasteiger partial charge >= 0.3 is 0 Å². The van der Waals surface area contributed by atoms with Crippen LogP contribution in [0.3, 0.4) is 0 Å². The van der Waals surface area contributed by atoms with Crippen LogP contribution in [-0.4, -0.2) is 47.3 Å². The number of allylic oxidation sites excluding steroid dienone is 2. The number of nitrogens with one attached hydrogen (secondary N) is 3. The lowest BCUT2D eigenvalue weighted by molar-refractivity contribution is -0.118. The largest absolute Gasteiger partial charge is 0.392 e. The zero-order chi connectivity index (χ0) is 16.9. The average Bonchev–Trinajstić information content (AvgIpc) is 2.42. The predicted molar refractivity (Wildman–Crippen MR) is 82.5 cm³/mol. The molecule has 0 aliphatic carbocycles. The van der Waals surface area contributed by atoms with E-state index in [0.717, 1.165) is 0 Å². The molecular weight excluding hydrogens is 286 g/mol. The second-order valence-electron chi connectivity index (χ2n) is 5.63.